The lowest BCUT2D eigenvalue weighted by molar-refractivity contribution is -0.120. The molecule has 8 heteroatoms. The summed E-state index contributed by atoms with van der Waals surface area (Å²) in [6, 6.07) is 3.74. The second-order valence-corrected chi connectivity index (χ2v) is 9.49. The molecule has 2 amide bonds. The lowest BCUT2D eigenvalue weighted by Gasteiger charge is -2.28. The number of aryl methyl sites for hydroxylation is 1. The van der Waals surface area contributed by atoms with Gasteiger partial charge < -0.3 is 19.9 Å². The topological polar surface area (TPSA) is 88.1 Å². The van der Waals surface area contributed by atoms with Crippen molar-refractivity contribution in [2.45, 2.75) is 76.7 Å². The molecule has 1 saturated heterocycles. The molecule has 7 nitrogen and oxygen atoms in total. The Bertz CT molecular complexity index is 806. The number of nitrogens with one attached hydrogen (secondary N) is 1. The Kier molecular flexibility index (Phi) is 7.21. The fourth-order valence-corrected chi connectivity index (χ4v) is 3.81. The Hall–Kier alpha value is -2.19. The van der Waals surface area contributed by atoms with Gasteiger partial charge in [-0.15, -0.1) is 0 Å². The van der Waals surface area contributed by atoms with Crippen molar-refractivity contribution < 1.29 is 28.6 Å². The normalized spacial score (nSPS) is 22.3. The largest absolute Gasteiger partial charge is 0.444 e. The van der Waals surface area contributed by atoms with E-state index in [2.05, 4.69) is 5.32 Å². The number of nitrogens with zero attached hydrogens (tertiary/aromatic N) is 1. The van der Waals surface area contributed by atoms with E-state index >= 15 is 0 Å². The van der Waals surface area contributed by atoms with Crippen molar-refractivity contribution in [1.82, 2.24) is 4.90 Å². The van der Waals surface area contributed by atoms with Gasteiger partial charge in [-0.3, -0.25) is 9.69 Å². The molecular formula is C23H33FN2O5. The molecule has 0 radical (unpaired) electrons. The van der Waals surface area contributed by atoms with Gasteiger partial charge in [0.1, 0.15) is 17.5 Å². The minimum Gasteiger partial charge on any atom is -0.444 e. The summed E-state index contributed by atoms with van der Waals surface area (Å²) in [6.45, 7) is 5.49. The third kappa shape index (κ3) is 6.40. The van der Waals surface area contributed by atoms with Crippen LogP contribution in [0, 0.1) is 11.7 Å². The fraction of sp³-hybridized carbons (Fsp3) is 0.652. The van der Waals surface area contributed by atoms with Gasteiger partial charge in [-0.2, -0.15) is 0 Å². The Balaban J connectivity index is 1.68. The molecule has 1 aromatic rings. The zero-order valence-corrected chi connectivity index (χ0v) is 18.7. The highest BCUT2D eigenvalue weighted by Crippen LogP contribution is 2.34. The summed E-state index contributed by atoms with van der Waals surface area (Å²) in [4.78, 5) is 26.9. The van der Waals surface area contributed by atoms with Crippen LogP contribution in [-0.4, -0.2) is 59.5 Å². The highest BCUT2D eigenvalue weighted by Gasteiger charge is 2.42. The summed E-state index contributed by atoms with van der Waals surface area (Å²) in [5.74, 6) is -0.654. The summed E-state index contributed by atoms with van der Waals surface area (Å²) in [5.41, 5.74) is 0.198. The summed E-state index contributed by atoms with van der Waals surface area (Å²) in [6.07, 6.45) is 2.38. The standard InChI is InChI=1S/C23H33FN2O5/c1-23(2,3)31-22(29)26-13-16(30-4)12-19(26)21(28)25-18-11-14(5-9-17(18)24)6-10-20(27)15-7-8-15/h5,9,11,15-16,19-20,27H,6-8,10,12-13H2,1-4H3,(H,25,28)/t16-,19-,20-/m1/s1. The maximum absolute atomic E-state index is 14.4. The monoisotopic (exact) mass is 436 g/mol. The molecule has 0 spiro atoms. The van der Waals surface area contributed by atoms with Crippen molar-refractivity contribution in [3.63, 3.8) is 0 Å². The summed E-state index contributed by atoms with van der Waals surface area (Å²) in [7, 11) is 1.53. The summed E-state index contributed by atoms with van der Waals surface area (Å²) in [5, 5.41) is 12.7. The molecule has 2 aliphatic rings. The smallest absolute Gasteiger partial charge is 0.411 e. The van der Waals surface area contributed by atoms with Crippen LogP contribution in [0.25, 0.3) is 0 Å². The number of amides is 2. The van der Waals surface area contributed by atoms with E-state index in [4.69, 9.17) is 9.47 Å². The first-order valence-corrected chi connectivity index (χ1v) is 10.9. The first kappa shape index (κ1) is 23.5. The number of benzene rings is 1. The molecule has 1 aliphatic carbocycles. The van der Waals surface area contributed by atoms with E-state index in [0.717, 1.165) is 18.4 Å². The van der Waals surface area contributed by atoms with Gasteiger partial charge in [-0.25, -0.2) is 9.18 Å². The van der Waals surface area contributed by atoms with E-state index in [-0.39, 0.29) is 24.4 Å². The van der Waals surface area contributed by atoms with Crippen LogP contribution < -0.4 is 5.32 Å². The maximum Gasteiger partial charge on any atom is 0.411 e. The fourth-order valence-electron chi connectivity index (χ4n) is 3.81. The number of aliphatic hydroxyl groups is 1. The van der Waals surface area contributed by atoms with Gasteiger partial charge in [-0.05, 0) is 70.1 Å². The number of halogens is 1. The molecule has 0 bridgehead atoms. The predicted octanol–water partition coefficient (Wildman–Crippen LogP) is 3.49. The lowest BCUT2D eigenvalue weighted by atomic mass is 10.0. The number of hydrogen-bond acceptors (Lipinski definition) is 5. The Morgan fingerprint density at radius 1 is 1.32 bits per heavy atom. The van der Waals surface area contributed by atoms with Crippen LogP contribution in [0.3, 0.4) is 0 Å². The average Bonchev–Trinajstić information content (AvgIpc) is 3.45. The Labute approximate surface area is 182 Å². The molecule has 2 N–H and O–H groups in total. The van der Waals surface area contributed by atoms with E-state index in [9.17, 15) is 19.1 Å². The molecule has 1 saturated carbocycles. The third-order valence-electron chi connectivity index (χ3n) is 5.71. The van der Waals surface area contributed by atoms with Crippen molar-refractivity contribution in [1.29, 1.82) is 0 Å². The molecule has 2 fully saturated rings. The van der Waals surface area contributed by atoms with Crippen LogP contribution in [0.2, 0.25) is 0 Å². The van der Waals surface area contributed by atoms with E-state index in [1.165, 1.54) is 18.1 Å². The second kappa shape index (κ2) is 9.53. The van der Waals surface area contributed by atoms with Crippen molar-refractivity contribution in [3.8, 4) is 0 Å². The number of carbonyl (C=O) groups is 2. The number of aliphatic hydroxyl groups excluding tert-OH is 1. The SMILES string of the molecule is CO[C@@H]1C[C@H](C(=O)Nc2cc(CC[C@@H](O)C3CC3)ccc2F)N(C(=O)OC(C)(C)C)C1. The molecule has 1 aromatic carbocycles. The average molecular weight is 437 g/mol. The van der Waals surface area contributed by atoms with E-state index in [1.54, 1.807) is 32.9 Å². The highest BCUT2D eigenvalue weighted by atomic mass is 19.1. The van der Waals surface area contributed by atoms with Crippen molar-refractivity contribution in [3.05, 3.63) is 29.6 Å². The maximum atomic E-state index is 14.4. The van der Waals surface area contributed by atoms with Crippen molar-refractivity contribution in [2.75, 3.05) is 19.0 Å². The van der Waals surface area contributed by atoms with Crippen molar-refractivity contribution in [2.24, 2.45) is 5.92 Å². The Morgan fingerprint density at radius 3 is 2.65 bits per heavy atom. The zero-order chi connectivity index (χ0) is 22.8. The van der Waals surface area contributed by atoms with E-state index < -0.39 is 29.5 Å². The van der Waals surface area contributed by atoms with E-state index in [0.29, 0.717) is 25.2 Å². The number of methoxy groups -OCH3 is 1. The number of likely N-dealkylation sites (tertiary alicyclic amines) is 1. The van der Waals surface area contributed by atoms with Crippen LogP contribution >= 0.6 is 0 Å². The predicted molar refractivity (Wildman–Crippen MR) is 114 cm³/mol. The van der Waals surface area contributed by atoms with Crippen LogP contribution in [0.5, 0.6) is 0 Å². The van der Waals surface area contributed by atoms with Crippen LogP contribution in [0.15, 0.2) is 18.2 Å². The first-order chi connectivity index (χ1) is 14.6. The third-order valence-corrected chi connectivity index (χ3v) is 5.71. The van der Waals surface area contributed by atoms with Gasteiger partial charge in [0, 0.05) is 13.5 Å². The molecule has 0 aromatic heterocycles. The van der Waals surface area contributed by atoms with Gasteiger partial charge in [0.15, 0.2) is 0 Å². The number of ether oxygens (including phenoxy) is 2. The molecule has 0 unspecified atom stereocenters. The number of hydrogen-bond donors (Lipinski definition) is 2. The minimum atomic E-state index is -0.820. The zero-order valence-electron chi connectivity index (χ0n) is 18.7. The molecule has 1 aliphatic heterocycles. The van der Waals surface area contributed by atoms with Gasteiger partial charge >= 0.3 is 6.09 Å². The van der Waals surface area contributed by atoms with Gasteiger partial charge in [0.05, 0.1) is 24.4 Å². The van der Waals surface area contributed by atoms with E-state index in [1.807, 2.05) is 0 Å². The summed E-state index contributed by atoms with van der Waals surface area (Å²) < 4.78 is 25.1. The molecule has 3 atom stereocenters. The molecule has 1 heterocycles. The number of anilines is 1. The van der Waals surface area contributed by atoms with Crippen LogP contribution in [0.4, 0.5) is 14.9 Å². The minimum absolute atomic E-state index is 0.0633. The molecular weight excluding hydrogens is 403 g/mol. The lowest BCUT2D eigenvalue weighted by Crippen LogP contribution is -2.45. The van der Waals surface area contributed by atoms with Gasteiger partial charge in [0.2, 0.25) is 5.91 Å². The number of carbonyl (C=O) groups excluding carboxylic acids is 2. The van der Waals surface area contributed by atoms with Crippen molar-refractivity contribution >= 4 is 17.7 Å². The highest BCUT2D eigenvalue weighted by molar-refractivity contribution is 5.97. The van der Waals surface area contributed by atoms with Gasteiger partial charge in [0.25, 0.3) is 0 Å². The second-order valence-electron chi connectivity index (χ2n) is 9.49. The number of rotatable bonds is 7. The molecule has 31 heavy (non-hydrogen) atoms. The van der Waals surface area contributed by atoms with Gasteiger partial charge in [-0.1, -0.05) is 6.07 Å². The molecule has 3 rings (SSSR count). The first-order valence-electron chi connectivity index (χ1n) is 10.9. The van der Waals surface area contributed by atoms with Crippen LogP contribution in [0.1, 0.15) is 52.0 Å². The van der Waals surface area contributed by atoms with Crippen LogP contribution in [-0.2, 0) is 20.7 Å². The summed E-state index contributed by atoms with van der Waals surface area (Å²) >= 11 is 0. The molecule has 172 valence electrons. The quantitative estimate of drug-likeness (QED) is 0.683. The Morgan fingerprint density at radius 2 is 2.03 bits per heavy atom.